The van der Waals surface area contributed by atoms with Crippen molar-refractivity contribution in [3.8, 4) is 0 Å². The first kappa shape index (κ1) is 12.1. The van der Waals surface area contributed by atoms with Crippen LogP contribution in [0, 0.1) is 5.92 Å². The summed E-state index contributed by atoms with van der Waals surface area (Å²) in [6.45, 7) is 2.81. The lowest BCUT2D eigenvalue weighted by molar-refractivity contribution is -0.131. The molecule has 0 radical (unpaired) electrons. The molecule has 1 fully saturated rings. The van der Waals surface area contributed by atoms with Crippen LogP contribution >= 0.6 is 0 Å². The van der Waals surface area contributed by atoms with Crippen LogP contribution < -0.4 is 5.73 Å². The fourth-order valence-corrected chi connectivity index (χ4v) is 2.01. The number of benzene rings is 1. The van der Waals surface area contributed by atoms with E-state index in [0.717, 1.165) is 12.8 Å². The van der Waals surface area contributed by atoms with E-state index in [-0.39, 0.29) is 17.9 Å². The van der Waals surface area contributed by atoms with Gasteiger partial charge in [-0.05, 0) is 24.0 Å². The maximum atomic E-state index is 11.9. The Hall–Kier alpha value is -1.35. The number of nitrogens with two attached hydrogens (primary N) is 1. The van der Waals surface area contributed by atoms with E-state index >= 15 is 0 Å². The molecule has 1 aliphatic carbocycles. The van der Waals surface area contributed by atoms with Gasteiger partial charge in [-0.25, -0.2) is 0 Å². The van der Waals surface area contributed by atoms with Crippen LogP contribution in [0.3, 0.4) is 0 Å². The standard InChI is InChI=1S/C14H20N2O/c1-3-10-4-6-11(7-5-10)9-16(2)14(17)12-8-13(12)15/h4-7,12-13H,3,8-9,15H2,1-2H3. The molecule has 2 rings (SSSR count). The summed E-state index contributed by atoms with van der Waals surface area (Å²) >= 11 is 0. The molecule has 1 amide bonds. The van der Waals surface area contributed by atoms with E-state index in [9.17, 15) is 4.79 Å². The fraction of sp³-hybridized carbons (Fsp3) is 0.500. The molecule has 3 heteroatoms. The van der Waals surface area contributed by atoms with E-state index in [1.54, 1.807) is 4.90 Å². The summed E-state index contributed by atoms with van der Waals surface area (Å²) in [7, 11) is 1.85. The van der Waals surface area contributed by atoms with Crippen molar-refractivity contribution in [1.82, 2.24) is 4.90 Å². The lowest BCUT2D eigenvalue weighted by atomic mass is 10.1. The van der Waals surface area contributed by atoms with Gasteiger partial charge in [0.15, 0.2) is 0 Å². The third kappa shape index (κ3) is 2.86. The molecule has 17 heavy (non-hydrogen) atoms. The molecule has 2 atom stereocenters. The first-order valence-corrected chi connectivity index (χ1v) is 6.20. The van der Waals surface area contributed by atoms with Crippen LogP contribution in [-0.2, 0) is 17.8 Å². The number of hydrogen-bond donors (Lipinski definition) is 1. The molecule has 0 saturated heterocycles. The molecule has 1 aromatic rings. The number of carbonyl (C=O) groups is 1. The molecule has 1 saturated carbocycles. The number of carbonyl (C=O) groups excluding carboxylic acids is 1. The zero-order valence-electron chi connectivity index (χ0n) is 10.5. The highest BCUT2D eigenvalue weighted by atomic mass is 16.2. The summed E-state index contributed by atoms with van der Waals surface area (Å²) in [4.78, 5) is 13.7. The van der Waals surface area contributed by atoms with Crippen LogP contribution in [0.25, 0.3) is 0 Å². The van der Waals surface area contributed by atoms with Gasteiger partial charge in [-0.3, -0.25) is 4.79 Å². The van der Waals surface area contributed by atoms with Crippen LogP contribution in [0.5, 0.6) is 0 Å². The van der Waals surface area contributed by atoms with Crippen molar-refractivity contribution in [1.29, 1.82) is 0 Å². The third-order valence-corrected chi connectivity index (χ3v) is 3.38. The maximum Gasteiger partial charge on any atom is 0.227 e. The summed E-state index contributed by atoms with van der Waals surface area (Å²) < 4.78 is 0. The second-order valence-electron chi connectivity index (χ2n) is 4.87. The van der Waals surface area contributed by atoms with Gasteiger partial charge < -0.3 is 10.6 Å². The molecule has 2 N–H and O–H groups in total. The summed E-state index contributed by atoms with van der Waals surface area (Å²) in [5, 5.41) is 0. The Labute approximate surface area is 103 Å². The molecule has 1 aliphatic rings. The van der Waals surface area contributed by atoms with Gasteiger partial charge >= 0.3 is 0 Å². The summed E-state index contributed by atoms with van der Waals surface area (Å²) in [5.41, 5.74) is 8.19. The highest BCUT2D eigenvalue weighted by molar-refractivity contribution is 5.82. The van der Waals surface area contributed by atoms with Crippen molar-refractivity contribution < 1.29 is 4.79 Å². The first-order valence-electron chi connectivity index (χ1n) is 6.20. The number of aryl methyl sites for hydroxylation is 1. The van der Waals surface area contributed by atoms with Crippen LogP contribution in [0.4, 0.5) is 0 Å². The van der Waals surface area contributed by atoms with Crippen LogP contribution in [-0.4, -0.2) is 23.9 Å². The second-order valence-corrected chi connectivity index (χ2v) is 4.87. The van der Waals surface area contributed by atoms with E-state index in [2.05, 4.69) is 31.2 Å². The van der Waals surface area contributed by atoms with Gasteiger partial charge in [-0.1, -0.05) is 31.2 Å². The van der Waals surface area contributed by atoms with E-state index < -0.39 is 0 Å². The monoisotopic (exact) mass is 232 g/mol. The van der Waals surface area contributed by atoms with Gasteiger partial charge in [0.05, 0.1) is 5.92 Å². The minimum atomic E-state index is 0.0647. The molecule has 3 nitrogen and oxygen atoms in total. The van der Waals surface area contributed by atoms with Gasteiger partial charge in [0.2, 0.25) is 5.91 Å². The van der Waals surface area contributed by atoms with Crippen molar-refractivity contribution >= 4 is 5.91 Å². The molecule has 92 valence electrons. The van der Waals surface area contributed by atoms with E-state index in [4.69, 9.17) is 5.73 Å². The quantitative estimate of drug-likeness (QED) is 0.856. The fourth-order valence-electron chi connectivity index (χ4n) is 2.01. The predicted octanol–water partition coefficient (Wildman–Crippen LogP) is 1.55. The Morgan fingerprint density at radius 2 is 1.88 bits per heavy atom. The maximum absolute atomic E-state index is 11.9. The highest BCUT2D eigenvalue weighted by Crippen LogP contribution is 2.29. The smallest absolute Gasteiger partial charge is 0.227 e. The van der Waals surface area contributed by atoms with Gasteiger partial charge in [0, 0.05) is 19.6 Å². The Morgan fingerprint density at radius 3 is 2.35 bits per heavy atom. The molecule has 0 bridgehead atoms. The molecule has 1 aromatic carbocycles. The van der Waals surface area contributed by atoms with Crippen molar-refractivity contribution in [2.75, 3.05) is 7.05 Å². The number of hydrogen-bond acceptors (Lipinski definition) is 2. The summed E-state index contributed by atoms with van der Waals surface area (Å²) in [6, 6.07) is 8.52. The summed E-state index contributed by atoms with van der Waals surface area (Å²) in [5.74, 6) is 0.243. The van der Waals surface area contributed by atoms with Crippen molar-refractivity contribution in [3.05, 3.63) is 35.4 Å². The largest absolute Gasteiger partial charge is 0.341 e. The Kier molecular flexibility index (Phi) is 3.48. The normalized spacial score (nSPS) is 22.3. The molecular weight excluding hydrogens is 212 g/mol. The minimum absolute atomic E-state index is 0.0647. The highest BCUT2D eigenvalue weighted by Gasteiger charge is 2.41. The summed E-state index contributed by atoms with van der Waals surface area (Å²) in [6.07, 6.45) is 1.89. The topological polar surface area (TPSA) is 46.3 Å². The van der Waals surface area contributed by atoms with E-state index in [0.29, 0.717) is 6.54 Å². The average Bonchev–Trinajstić information content (AvgIpc) is 3.06. The van der Waals surface area contributed by atoms with E-state index in [1.165, 1.54) is 11.1 Å². The van der Waals surface area contributed by atoms with Crippen molar-refractivity contribution in [3.63, 3.8) is 0 Å². The Morgan fingerprint density at radius 1 is 1.35 bits per heavy atom. The number of nitrogens with zero attached hydrogens (tertiary/aromatic N) is 1. The molecule has 0 heterocycles. The minimum Gasteiger partial charge on any atom is -0.341 e. The van der Waals surface area contributed by atoms with Gasteiger partial charge in [-0.2, -0.15) is 0 Å². The molecular formula is C14H20N2O. The van der Waals surface area contributed by atoms with Gasteiger partial charge in [-0.15, -0.1) is 0 Å². The van der Waals surface area contributed by atoms with Crippen LogP contribution in [0.2, 0.25) is 0 Å². The molecule has 0 aliphatic heterocycles. The average molecular weight is 232 g/mol. The predicted molar refractivity (Wildman–Crippen MR) is 68.4 cm³/mol. The third-order valence-electron chi connectivity index (χ3n) is 3.38. The Bertz CT molecular complexity index is 399. The lowest BCUT2D eigenvalue weighted by Crippen LogP contribution is -2.29. The second kappa shape index (κ2) is 4.88. The SMILES string of the molecule is CCc1ccc(CN(C)C(=O)C2CC2N)cc1. The first-order chi connectivity index (χ1) is 8.11. The molecule has 2 unspecified atom stereocenters. The van der Waals surface area contributed by atoms with Crippen molar-refractivity contribution in [2.45, 2.75) is 32.4 Å². The van der Waals surface area contributed by atoms with E-state index in [1.807, 2.05) is 7.05 Å². The molecule has 0 aromatic heterocycles. The lowest BCUT2D eigenvalue weighted by Gasteiger charge is -2.17. The van der Waals surface area contributed by atoms with Gasteiger partial charge in [0.25, 0.3) is 0 Å². The Balaban J connectivity index is 1.93. The van der Waals surface area contributed by atoms with Gasteiger partial charge in [0.1, 0.15) is 0 Å². The zero-order valence-corrected chi connectivity index (χ0v) is 10.5. The number of rotatable bonds is 4. The number of amides is 1. The molecule has 0 spiro atoms. The van der Waals surface area contributed by atoms with Crippen molar-refractivity contribution in [2.24, 2.45) is 11.7 Å². The van der Waals surface area contributed by atoms with Crippen LogP contribution in [0.15, 0.2) is 24.3 Å². The van der Waals surface area contributed by atoms with Crippen LogP contribution in [0.1, 0.15) is 24.5 Å². The zero-order chi connectivity index (χ0) is 12.4.